The van der Waals surface area contributed by atoms with Crippen LogP contribution in [0.5, 0.6) is 0 Å². The summed E-state index contributed by atoms with van der Waals surface area (Å²) in [5, 5.41) is 7.42. The Bertz CT molecular complexity index is 214. The van der Waals surface area contributed by atoms with Gasteiger partial charge in [0.05, 0.1) is 0 Å². The van der Waals surface area contributed by atoms with Crippen molar-refractivity contribution in [2.24, 2.45) is 0 Å². The van der Waals surface area contributed by atoms with Crippen LogP contribution < -0.4 is 0 Å². The van der Waals surface area contributed by atoms with Gasteiger partial charge in [-0.05, 0) is 6.42 Å². The summed E-state index contributed by atoms with van der Waals surface area (Å²) in [7, 11) is 1.67. The summed E-state index contributed by atoms with van der Waals surface area (Å²) < 4.78 is 9.94. The average Bonchev–Trinajstić information content (AvgIpc) is 2.37. The first-order chi connectivity index (χ1) is 5.33. The molecule has 0 aliphatic heterocycles. The van der Waals surface area contributed by atoms with Crippen molar-refractivity contribution in [2.75, 3.05) is 13.7 Å². The van der Waals surface area contributed by atoms with E-state index >= 15 is 0 Å². The van der Waals surface area contributed by atoms with E-state index in [0.29, 0.717) is 10.7 Å². The second kappa shape index (κ2) is 4.46. The summed E-state index contributed by atoms with van der Waals surface area (Å²) in [5.41, 5.74) is 0. The minimum Gasteiger partial charge on any atom is -0.416 e. The molecule has 0 radical (unpaired) electrons. The molecule has 0 spiro atoms. The number of aryl methyl sites for hydroxylation is 1. The van der Waals surface area contributed by atoms with Crippen molar-refractivity contribution < 1.29 is 9.15 Å². The second-order valence-corrected chi connectivity index (χ2v) is 2.72. The number of rotatable bonds is 4. The summed E-state index contributed by atoms with van der Waals surface area (Å²) in [6, 6.07) is 0. The number of methoxy groups -OCH3 is 1. The number of hydrogen-bond acceptors (Lipinski definition) is 4. The topological polar surface area (TPSA) is 48.2 Å². The smallest absolute Gasteiger partial charge is 0.284 e. The van der Waals surface area contributed by atoms with E-state index in [1.165, 1.54) is 0 Å². The Balaban J connectivity index is 2.27. The quantitative estimate of drug-likeness (QED) is 0.721. The third-order valence-corrected chi connectivity index (χ3v) is 1.50. The first-order valence-electron chi connectivity index (χ1n) is 3.29. The van der Waals surface area contributed by atoms with Gasteiger partial charge in [-0.3, -0.25) is 0 Å². The van der Waals surface area contributed by atoms with Crippen LogP contribution in [0.2, 0.25) is 0 Å². The first kappa shape index (κ1) is 8.67. The molecule has 0 N–H and O–H groups in total. The molecule has 0 aromatic carbocycles. The second-order valence-electron chi connectivity index (χ2n) is 2.05. The first-order valence-corrected chi connectivity index (χ1v) is 4.09. The van der Waals surface area contributed by atoms with Crippen LogP contribution in [0.15, 0.2) is 9.22 Å². The van der Waals surface area contributed by atoms with Crippen molar-refractivity contribution in [3.8, 4) is 0 Å². The van der Waals surface area contributed by atoms with E-state index in [1.807, 2.05) is 0 Å². The highest BCUT2D eigenvalue weighted by molar-refractivity contribution is 9.10. The molecule has 0 bridgehead atoms. The van der Waals surface area contributed by atoms with E-state index in [2.05, 4.69) is 26.1 Å². The van der Waals surface area contributed by atoms with E-state index in [9.17, 15) is 0 Å². The molecule has 1 aromatic rings. The molecule has 0 aliphatic rings. The number of aromatic nitrogens is 2. The molecule has 0 atom stereocenters. The minimum atomic E-state index is 0.435. The fourth-order valence-electron chi connectivity index (χ4n) is 0.702. The van der Waals surface area contributed by atoms with Crippen molar-refractivity contribution >= 4 is 15.9 Å². The lowest BCUT2D eigenvalue weighted by Gasteiger charge is -1.93. The summed E-state index contributed by atoms with van der Waals surface area (Å²) in [4.78, 5) is 0.435. The summed E-state index contributed by atoms with van der Waals surface area (Å²) in [6.45, 7) is 0.722. The molecule has 0 unspecified atom stereocenters. The molecule has 0 saturated carbocycles. The van der Waals surface area contributed by atoms with E-state index in [1.54, 1.807) is 7.11 Å². The molecule has 1 heterocycles. The number of ether oxygens (including phenoxy) is 1. The van der Waals surface area contributed by atoms with Gasteiger partial charge in [-0.15, -0.1) is 10.2 Å². The Kier molecular flexibility index (Phi) is 3.51. The maximum absolute atomic E-state index is 5.07. The monoisotopic (exact) mass is 220 g/mol. The number of nitrogens with zero attached hydrogens (tertiary/aromatic N) is 2. The van der Waals surface area contributed by atoms with E-state index < -0.39 is 0 Å². The fraction of sp³-hybridized carbons (Fsp3) is 0.667. The number of halogens is 1. The highest BCUT2D eigenvalue weighted by atomic mass is 79.9. The Morgan fingerprint density at radius 2 is 2.36 bits per heavy atom. The molecule has 1 rings (SSSR count). The standard InChI is InChI=1S/C6H9BrN2O2/c1-10-4-2-3-5-8-9-6(7)11-5/h2-4H2,1H3. The van der Waals surface area contributed by atoms with Crippen molar-refractivity contribution in [1.29, 1.82) is 0 Å². The largest absolute Gasteiger partial charge is 0.416 e. The van der Waals surface area contributed by atoms with Crippen LogP contribution in [0.4, 0.5) is 0 Å². The van der Waals surface area contributed by atoms with Crippen LogP contribution in [0.1, 0.15) is 12.3 Å². The molecule has 11 heavy (non-hydrogen) atoms. The highest BCUT2D eigenvalue weighted by Crippen LogP contribution is 2.07. The van der Waals surface area contributed by atoms with Gasteiger partial charge in [-0.2, -0.15) is 0 Å². The van der Waals surface area contributed by atoms with Gasteiger partial charge in [0.25, 0.3) is 4.80 Å². The molecule has 62 valence electrons. The maximum Gasteiger partial charge on any atom is 0.284 e. The van der Waals surface area contributed by atoms with Crippen LogP contribution in [0.25, 0.3) is 0 Å². The molecule has 0 aliphatic carbocycles. The molecule has 0 amide bonds. The zero-order valence-electron chi connectivity index (χ0n) is 6.21. The van der Waals surface area contributed by atoms with Gasteiger partial charge in [0.1, 0.15) is 0 Å². The number of hydrogen-bond donors (Lipinski definition) is 0. The zero-order valence-corrected chi connectivity index (χ0v) is 7.80. The molecule has 4 nitrogen and oxygen atoms in total. The molecule has 0 fully saturated rings. The predicted molar refractivity (Wildman–Crippen MR) is 42.2 cm³/mol. The maximum atomic E-state index is 5.07. The van der Waals surface area contributed by atoms with Crippen LogP contribution in [0.3, 0.4) is 0 Å². The lowest BCUT2D eigenvalue weighted by Crippen LogP contribution is -1.92. The van der Waals surface area contributed by atoms with Gasteiger partial charge in [-0.1, -0.05) is 0 Å². The molecular weight excluding hydrogens is 212 g/mol. The van der Waals surface area contributed by atoms with Crippen LogP contribution >= 0.6 is 15.9 Å². The summed E-state index contributed by atoms with van der Waals surface area (Å²) in [5.74, 6) is 0.647. The molecule has 1 aromatic heterocycles. The van der Waals surface area contributed by atoms with Gasteiger partial charge in [-0.25, -0.2) is 0 Å². The normalized spacial score (nSPS) is 10.4. The van der Waals surface area contributed by atoms with E-state index in [-0.39, 0.29) is 0 Å². The van der Waals surface area contributed by atoms with E-state index in [4.69, 9.17) is 9.15 Å². The third kappa shape index (κ3) is 2.98. The molecule has 5 heteroatoms. The Morgan fingerprint density at radius 3 is 2.91 bits per heavy atom. The Labute approximate surface area is 73.1 Å². The van der Waals surface area contributed by atoms with Crippen molar-refractivity contribution in [3.05, 3.63) is 10.7 Å². The van der Waals surface area contributed by atoms with Gasteiger partial charge in [0, 0.05) is 36.1 Å². The lowest BCUT2D eigenvalue weighted by molar-refractivity contribution is 0.193. The third-order valence-electron chi connectivity index (χ3n) is 1.18. The highest BCUT2D eigenvalue weighted by Gasteiger charge is 2.01. The molecular formula is C6H9BrN2O2. The Hall–Kier alpha value is -0.420. The van der Waals surface area contributed by atoms with Crippen LogP contribution in [-0.4, -0.2) is 23.9 Å². The van der Waals surface area contributed by atoms with Crippen molar-refractivity contribution in [3.63, 3.8) is 0 Å². The molecule has 0 saturated heterocycles. The van der Waals surface area contributed by atoms with Gasteiger partial charge >= 0.3 is 0 Å². The minimum absolute atomic E-state index is 0.435. The SMILES string of the molecule is COCCCc1nnc(Br)o1. The summed E-state index contributed by atoms with van der Waals surface area (Å²) in [6.07, 6.45) is 1.68. The van der Waals surface area contributed by atoms with Gasteiger partial charge in [0.15, 0.2) is 0 Å². The van der Waals surface area contributed by atoms with E-state index in [0.717, 1.165) is 19.4 Å². The van der Waals surface area contributed by atoms with Crippen LogP contribution in [-0.2, 0) is 11.2 Å². The van der Waals surface area contributed by atoms with Crippen molar-refractivity contribution in [2.45, 2.75) is 12.8 Å². The van der Waals surface area contributed by atoms with Gasteiger partial charge < -0.3 is 9.15 Å². The average molecular weight is 221 g/mol. The Morgan fingerprint density at radius 1 is 1.55 bits per heavy atom. The van der Waals surface area contributed by atoms with Crippen molar-refractivity contribution in [1.82, 2.24) is 10.2 Å². The van der Waals surface area contributed by atoms with Gasteiger partial charge in [0.2, 0.25) is 5.89 Å². The lowest BCUT2D eigenvalue weighted by atomic mass is 10.3. The van der Waals surface area contributed by atoms with Crippen LogP contribution in [0, 0.1) is 0 Å². The summed E-state index contributed by atoms with van der Waals surface area (Å²) >= 11 is 3.07. The fourth-order valence-corrected chi connectivity index (χ4v) is 0.968. The predicted octanol–water partition coefficient (Wildman–Crippen LogP) is 1.41. The zero-order chi connectivity index (χ0) is 8.10.